The number of benzene rings is 2. The highest BCUT2D eigenvalue weighted by Crippen LogP contribution is 2.43. The van der Waals surface area contributed by atoms with Crippen molar-refractivity contribution in [1.82, 2.24) is 19.6 Å². The molecule has 5 rings (SSSR count). The largest absolute Gasteiger partial charge is 0.573 e. The highest BCUT2D eigenvalue weighted by molar-refractivity contribution is 5.73. The highest BCUT2D eigenvalue weighted by Gasteiger charge is 2.41. The van der Waals surface area contributed by atoms with Crippen molar-refractivity contribution >= 4 is 5.97 Å². The molecule has 0 radical (unpaired) electrons. The van der Waals surface area contributed by atoms with Crippen LogP contribution in [0.2, 0.25) is 0 Å². The van der Waals surface area contributed by atoms with Gasteiger partial charge in [-0.3, -0.25) is 14.4 Å². The number of likely N-dealkylation sites (N-methyl/N-ethyl adjacent to an activating group) is 1. The van der Waals surface area contributed by atoms with Crippen LogP contribution in [0.25, 0.3) is 0 Å². The number of carbonyl (C=O) groups is 1. The third kappa shape index (κ3) is 9.16. The summed E-state index contributed by atoms with van der Waals surface area (Å²) in [5.41, 5.74) is 3.92. The maximum atomic E-state index is 14.4. The lowest BCUT2D eigenvalue weighted by atomic mass is 9.87. The number of hydrogen-bond donors (Lipinski definition) is 1. The SMILES string of the molecule is CCn1nc(Cc2ccc(OC(F)(F)F)cc2)cc1C1CCN(CC2CC(N(C)[C@H](CC(C)C)C(=O)O)CC2c2cccc(F)c2)CC1. The van der Waals surface area contributed by atoms with E-state index in [-0.39, 0.29) is 35.4 Å². The number of aliphatic carboxylic acids is 1. The molecule has 1 aliphatic carbocycles. The van der Waals surface area contributed by atoms with E-state index in [1.54, 1.807) is 24.3 Å². The first-order chi connectivity index (χ1) is 22.8. The molecule has 2 aromatic carbocycles. The van der Waals surface area contributed by atoms with Crippen molar-refractivity contribution in [3.63, 3.8) is 0 Å². The number of aryl methyl sites for hydroxylation is 1. The zero-order chi connectivity index (χ0) is 34.6. The van der Waals surface area contributed by atoms with Gasteiger partial charge in [0, 0.05) is 37.2 Å². The van der Waals surface area contributed by atoms with Crippen LogP contribution in [-0.2, 0) is 17.8 Å². The Bertz CT molecular complexity index is 1500. The van der Waals surface area contributed by atoms with E-state index in [1.165, 1.54) is 23.9 Å². The van der Waals surface area contributed by atoms with Crippen LogP contribution >= 0.6 is 0 Å². The molecule has 2 aliphatic rings. The van der Waals surface area contributed by atoms with Crippen molar-refractivity contribution in [1.29, 1.82) is 0 Å². The summed E-state index contributed by atoms with van der Waals surface area (Å²) in [6.07, 6.45) is 0.0158. The number of carboxylic acid groups (broad SMARTS) is 1. The van der Waals surface area contributed by atoms with E-state index in [0.717, 1.165) is 68.7 Å². The number of aromatic nitrogens is 2. The van der Waals surface area contributed by atoms with Gasteiger partial charge in [-0.25, -0.2) is 4.39 Å². The maximum Gasteiger partial charge on any atom is 0.573 e. The normalized spacial score (nSPS) is 21.7. The molecule has 0 amide bonds. The molecule has 4 atom stereocenters. The van der Waals surface area contributed by atoms with Gasteiger partial charge >= 0.3 is 12.3 Å². The summed E-state index contributed by atoms with van der Waals surface area (Å²) in [5, 5.41) is 14.8. The maximum absolute atomic E-state index is 14.4. The van der Waals surface area contributed by atoms with Gasteiger partial charge in [0.05, 0.1) is 5.69 Å². The molecule has 1 saturated heterocycles. The van der Waals surface area contributed by atoms with E-state index in [2.05, 4.69) is 27.5 Å². The fourth-order valence-electron chi connectivity index (χ4n) is 7.83. The van der Waals surface area contributed by atoms with Crippen molar-refractivity contribution in [2.24, 2.45) is 11.8 Å². The minimum atomic E-state index is -4.72. The first-order valence-electron chi connectivity index (χ1n) is 17.1. The molecular formula is C37H48F4N4O3. The summed E-state index contributed by atoms with van der Waals surface area (Å²) in [4.78, 5) is 16.8. The number of piperidine rings is 1. The Balaban J connectivity index is 1.23. The highest BCUT2D eigenvalue weighted by atomic mass is 19.4. The van der Waals surface area contributed by atoms with Crippen LogP contribution in [0.3, 0.4) is 0 Å². The van der Waals surface area contributed by atoms with Crippen LogP contribution in [0.4, 0.5) is 17.6 Å². The molecule has 1 saturated carbocycles. The minimum Gasteiger partial charge on any atom is -0.480 e. The summed E-state index contributed by atoms with van der Waals surface area (Å²) in [6.45, 7) is 9.62. The molecule has 48 heavy (non-hydrogen) atoms. The number of likely N-dealkylation sites (tertiary alicyclic amines) is 1. The van der Waals surface area contributed by atoms with Crippen LogP contribution in [0, 0.1) is 17.7 Å². The summed E-state index contributed by atoms with van der Waals surface area (Å²) in [5.74, 6) is -0.231. The molecule has 2 fully saturated rings. The Morgan fingerprint density at radius 3 is 2.40 bits per heavy atom. The Hall–Kier alpha value is -3.44. The fraction of sp³-hybridized carbons (Fsp3) is 0.568. The Labute approximate surface area is 280 Å². The standard InChI is InChI=1S/C37H48F4N4O3/c1-5-45-34(21-30(42-45)18-25-9-11-32(12-10-25)48-37(39,40)41)26-13-15-44(16-14-26)23-28-20-31(43(4)35(36(46)47)17-24(2)3)22-33(28)27-7-6-8-29(38)19-27/h6-12,19,21,24,26,28,31,33,35H,5,13-18,20,22-23H2,1-4H3,(H,46,47)/t28?,31?,33?,35-/m1/s1. The third-order valence-corrected chi connectivity index (χ3v) is 10.2. The summed E-state index contributed by atoms with van der Waals surface area (Å²) >= 11 is 0. The first-order valence-corrected chi connectivity index (χ1v) is 17.1. The lowest BCUT2D eigenvalue weighted by molar-refractivity contribution is -0.274. The molecule has 7 nitrogen and oxygen atoms in total. The Morgan fingerprint density at radius 1 is 1.08 bits per heavy atom. The van der Waals surface area contributed by atoms with E-state index < -0.39 is 18.4 Å². The quantitative estimate of drug-likeness (QED) is 0.188. The molecule has 11 heteroatoms. The van der Waals surface area contributed by atoms with Crippen molar-refractivity contribution in [3.8, 4) is 5.75 Å². The minimum absolute atomic E-state index is 0.103. The Morgan fingerprint density at radius 2 is 1.79 bits per heavy atom. The lowest BCUT2D eigenvalue weighted by Gasteiger charge is -2.35. The second-order valence-corrected chi connectivity index (χ2v) is 14.0. The van der Waals surface area contributed by atoms with E-state index in [4.69, 9.17) is 5.10 Å². The van der Waals surface area contributed by atoms with Crippen LogP contribution < -0.4 is 4.74 Å². The van der Waals surface area contributed by atoms with E-state index >= 15 is 0 Å². The average molecular weight is 673 g/mol. The molecule has 2 heterocycles. The first kappa shape index (κ1) is 35.9. The number of alkyl halides is 3. The molecule has 1 aliphatic heterocycles. The van der Waals surface area contributed by atoms with Gasteiger partial charge in [-0.15, -0.1) is 13.2 Å². The van der Waals surface area contributed by atoms with E-state index in [9.17, 15) is 27.5 Å². The lowest BCUT2D eigenvalue weighted by Crippen LogP contribution is -2.45. The van der Waals surface area contributed by atoms with Gasteiger partial charge in [0.1, 0.15) is 17.6 Å². The summed E-state index contributed by atoms with van der Waals surface area (Å²) in [6, 6.07) is 14.5. The van der Waals surface area contributed by atoms with Crippen molar-refractivity contribution in [2.75, 3.05) is 26.7 Å². The number of hydrogen-bond acceptors (Lipinski definition) is 5. The number of ether oxygens (including phenoxy) is 1. The third-order valence-electron chi connectivity index (χ3n) is 10.2. The van der Waals surface area contributed by atoms with Gasteiger partial charge in [-0.05, 0) is 118 Å². The van der Waals surface area contributed by atoms with Crippen LogP contribution in [0.5, 0.6) is 5.75 Å². The molecule has 1 aromatic heterocycles. The number of carboxylic acids is 1. The number of rotatable bonds is 13. The number of nitrogens with zero attached hydrogens (tertiary/aromatic N) is 4. The number of halogens is 4. The average Bonchev–Trinajstić information content (AvgIpc) is 3.64. The zero-order valence-electron chi connectivity index (χ0n) is 28.3. The van der Waals surface area contributed by atoms with Crippen molar-refractivity contribution in [3.05, 3.63) is 82.9 Å². The second kappa shape index (κ2) is 15.4. The van der Waals surface area contributed by atoms with E-state index in [0.29, 0.717) is 18.8 Å². The van der Waals surface area contributed by atoms with Gasteiger partial charge in [0.15, 0.2) is 0 Å². The topological polar surface area (TPSA) is 70.8 Å². The van der Waals surface area contributed by atoms with Crippen molar-refractivity contribution in [2.45, 2.75) is 96.1 Å². The van der Waals surface area contributed by atoms with Gasteiger partial charge in [0.25, 0.3) is 0 Å². The monoisotopic (exact) mass is 672 g/mol. The smallest absolute Gasteiger partial charge is 0.480 e. The molecule has 3 unspecified atom stereocenters. The predicted octanol–water partition coefficient (Wildman–Crippen LogP) is 7.70. The zero-order valence-corrected chi connectivity index (χ0v) is 28.3. The molecule has 0 spiro atoms. The van der Waals surface area contributed by atoms with Gasteiger partial charge in [-0.2, -0.15) is 5.10 Å². The molecule has 1 N–H and O–H groups in total. The van der Waals surface area contributed by atoms with Crippen LogP contribution in [0.15, 0.2) is 54.6 Å². The van der Waals surface area contributed by atoms with Crippen molar-refractivity contribution < 1.29 is 32.2 Å². The second-order valence-electron chi connectivity index (χ2n) is 14.0. The molecular weight excluding hydrogens is 624 g/mol. The summed E-state index contributed by atoms with van der Waals surface area (Å²) in [7, 11) is 1.94. The van der Waals surface area contributed by atoms with E-state index in [1.807, 2.05) is 31.6 Å². The van der Waals surface area contributed by atoms with Gasteiger partial charge in [0.2, 0.25) is 0 Å². The van der Waals surface area contributed by atoms with Gasteiger partial charge in [-0.1, -0.05) is 38.1 Å². The fourth-order valence-corrected chi connectivity index (χ4v) is 7.83. The molecule has 262 valence electrons. The summed E-state index contributed by atoms with van der Waals surface area (Å²) < 4.78 is 58.0. The van der Waals surface area contributed by atoms with Crippen LogP contribution in [-0.4, -0.2) is 75.8 Å². The molecule has 0 bridgehead atoms. The Kier molecular flexibility index (Phi) is 11.5. The molecule has 3 aromatic rings. The van der Waals surface area contributed by atoms with Gasteiger partial charge < -0.3 is 14.7 Å². The van der Waals surface area contributed by atoms with Crippen LogP contribution in [0.1, 0.15) is 87.2 Å². The predicted molar refractivity (Wildman–Crippen MR) is 177 cm³/mol.